The van der Waals surface area contributed by atoms with Gasteiger partial charge in [0.15, 0.2) is 0 Å². The Morgan fingerprint density at radius 3 is 1.80 bits per heavy atom. The SMILES string of the molecule is C=Cc1ccc(C(=O)OCC(CC)CCCC)c(C(=O)OCC(CC)CCCC)c1. The molecule has 1 rings (SSSR count). The predicted molar refractivity (Wildman–Crippen MR) is 124 cm³/mol. The maximum Gasteiger partial charge on any atom is 0.339 e. The lowest BCUT2D eigenvalue weighted by molar-refractivity contribution is 0.0381. The zero-order valence-corrected chi connectivity index (χ0v) is 19.4. The molecule has 4 heteroatoms. The van der Waals surface area contributed by atoms with Crippen LogP contribution in [0.4, 0.5) is 0 Å². The van der Waals surface area contributed by atoms with Gasteiger partial charge in [0.2, 0.25) is 0 Å². The Hall–Kier alpha value is -2.10. The van der Waals surface area contributed by atoms with Gasteiger partial charge in [-0.25, -0.2) is 9.59 Å². The van der Waals surface area contributed by atoms with Gasteiger partial charge in [0.25, 0.3) is 0 Å². The van der Waals surface area contributed by atoms with Gasteiger partial charge in [-0.05, 0) is 42.4 Å². The highest BCUT2D eigenvalue weighted by molar-refractivity contribution is 6.03. The Labute approximate surface area is 183 Å². The minimum atomic E-state index is -0.473. The van der Waals surface area contributed by atoms with Crippen LogP contribution in [0, 0.1) is 11.8 Å². The molecule has 0 aliphatic rings. The first-order chi connectivity index (χ1) is 14.5. The molecule has 0 aromatic heterocycles. The first-order valence-corrected chi connectivity index (χ1v) is 11.6. The van der Waals surface area contributed by atoms with Crippen LogP contribution in [0.5, 0.6) is 0 Å². The Balaban J connectivity index is 2.88. The van der Waals surface area contributed by atoms with Crippen LogP contribution in [0.15, 0.2) is 24.8 Å². The van der Waals surface area contributed by atoms with Crippen molar-refractivity contribution in [3.63, 3.8) is 0 Å². The minimum absolute atomic E-state index is 0.254. The molecule has 0 N–H and O–H groups in total. The lowest BCUT2D eigenvalue weighted by Crippen LogP contribution is -2.19. The van der Waals surface area contributed by atoms with Crippen molar-refractivity contribution in [2.45, 2.75) is 79.1 Å². The normalized spacial score (nSPS) is 12.8. The highest BCUT2D eigenvalue weighted by atomic mass is 16.5. The van der Waals surface area contributed by atoms with E-state index in [1.165, 1.54) is 0 Å². The molecule has 168 valence electrons. The number of rotatable bonds is 15. The first-order valence-electron chi connectivity index (χ1n) is 11.6. The smallest absolute Gasteiger partial charge is 0.339 e. The van der Waals surface area contributed by atoms with Crippen LogP contribution in [0.25, 0.3) is 6.08 Å². The van der Waals surface area contributed by atoms with Gasteiger partial charge in [-0.2, -0.15) is 0 Å². The van der Waals surface area contributed by atoms with E-state index in [9.17, 15) is 9.59 Å². The highest BCUT2D eigenvalue weighted by Gasteiger charge is 2.22. The van der Waals surface area contributed by atoms with Crippen LogP contribution >= 0.6 is 0 Å². The Morgan fingerprint density at radius 2 is 1.37 bits per heavy atom. The Morgan fingerprint density at radius 1 is 0.867 bits per heavy atom. The standard InChI is InChI=1S/C26H40O4/c1-6-11-13-21(9-4)18-29-25(27)23-16-15-20(8-3)17-24(23)26(28)30-19-22(10-5)14-12-7-2/h8,15-17,21-22H,3,6-7,9-14,18-19H2,1-2,4-5H3. The summed E-state index contributed by atoms with van der Waals surface area (Å²) < 4.78 is 11.2. The summed E-state index contributed by atoms with van der Waals surface area (Å²) in [6, 6.07) is 5.06. The van der Waals surface area contributed by atoms with Crippen molar-refractivity contribution in [1.29, 1.82) is 0 Å². The molecule has 4 nitrogen and oxygen atoms in total. The minimum Gasteiger partial charge on any atom is -0.462 e. The molecule has 0 bridgehead atoms. The number of benzene rings is 1. The molecule has 30 heavy (non-hydrogen) atoms. The molecule has 0 heterocycles. The van der Waals surface area contributed by atoms with E-state index in [4.69, 9.17) is 9.47 Å². The highest BCUT2D eigenvalue weighted by Crippen LogP contribution is 2.20. The molecular formula is C26H40O4. The average Bonchev–Trinajstić information content (AvgIpc) is 2.78. The average molecular weight is 417 g/mol. The number of ether oxygens (including phenoxy) is 2. The number of carbonyl (C=O) groups excluding carboxylic acids is 2. The van der Waals surface area contributed by atoms with Crippen LogP contribution in [-0.4, -0.2) is 25.2 Å². The molecule has 0 radical (unpaired) electrons. The summed E-state index contributed by atoms with van der Waals surface area (Å²) in [6.45, 7) is 13.0. The maximum absolute atomic E-state index is 12.8. The van der Waals surface area contributed by atoms with Gasteiger partial charge in [-0.15, -0.1) is 0 Å². The van der Waals surface area contributed by atoms with E-state index < -0.39 is 11.9 Å². The summed E-state index contributed by atoms with van der Waals surface area (Å²) in [4.78, 5) is 25.5. The van der Waals surface area contributed by atoms with Gasteiger partial charge < -0.3 is 9.47 Å². The second-order valence-electron chi connectivity index (χ2n) is 8.04. The van der Waals surface area contributed by atoms with Crippen LogP contribution in [0.1, 0.15) is 105 Å². The van der Waals surface area contributed by atoms with Crippen molar-refractivity contribution >= 4 is 18.0 Å². The van der Waals surface area contributed by atoms with E-state index in [-0.39, 0.29) is 11.1 Å². The molecule has 0 saturated heterocycles. The third kappa shape index (κ3) is 8.73. The lowest BCUT2D eigenvalue weighted by atomic mass is 10.00. The van der Waals surface area contributed by atoms with E-state index in [2.05, 4.69) is 34.3 Å². The summed E-state index contributed by atoms with van der Waals surface area (Å²) in [6.07, 6.45) is 10.2. The van der Waals surface area contributed by atoms with Crippen molar-refractivity contribution < 1.29 is 19.1 Å². The van der Waals surface area contributed by atoms with E-state index in [1.807, 2.05) is 0 Å². The van der Waals surface area contributed by atoms with E-state index >= 15 is 0 Å². The Kier molecular flexibility index (Phi) is 12.8. The number of hydrogen-bond donors (Lipinski definition) is 0. The monoisotopic (exact) mass is 416 g/mol. The largest absolute Gasteiger partial charge is 0.462 e. The van der Waals surface area contributed by atoms with Crippen molar-refractivity contribution in [2.24, 2.45) is 11.8 Å². The zero-order chi connectivity index (χ0) is 22.4. The number of esters is 2. The summed E-state index contributed by atoms with van der Waals surface area (Å²) in [5.74, 6) is -0.249. The summed E-state index contributed by atoms with van der Waals surface area (Å²) >= 11 is 0. The molecule has 0 fully saturated rings. The fourth-order valence-electron chi connectivity index (χ4n) is 3.37. The van der Waals surface area contributed by atoms with Crippen LogP contribution in [0.2, 0.25) is 0 Å². The van der Waals surface area contributed by atoms with Gasteiger partial charge in [0, 0.05) is 0 Å². The molecule has 1 aromatic carbocycles. The number of carbonyl (C=O) groups is 2. The third-order valence-corrected chi connectivity index (χ3v) is 5.71. The van der Waals surface area contributed by atoms with Gasteiger partial charge in [-0.3, -0.25) is 0 Å². The molecule has 2 atom stereocenters. The predicted octanol–water partition coefficient (Wildman–Crippen LogP) is 7.08. The molecule has 0 saturated carbocycles. The van der Waals surface area contributed by atoms with Gasteiger partial charge in [-0.1, -0.05) is 84.9 Å². The quantitative estimate of drug-likeness (QED) is 0.287. The van der Waals surface area contributed by atoms with Crippen LogP contribution < -0.4 is 0 Å². The van der Waals surface area contributed by atoms with Gasteiger partial charge >= 0.3 is 11.9 Å². The molecular weight excluding hydrogens is 376 g/mol. The van der Waals surface area contributed by atoms with E-state index in [1.54, 1.807) is 24.3 Å². The summed E-state index contributed by atoms with van der Waals surface area (Å²) in [7, 11) is 0. The van der Waals surface area contributed by atoms with Crippen molar-refractivity contribution in [3.05, 3.63) is 41.5 Å². The number of hydrogen-bond acceptors (Lipinski definition) is 4. The molecule has 0 aliphatic heterocycles. The van der Waals surface area contributed by atoms with Gasteiger partial charge in [0.1, 0.15) is 0 Å². The molecule has 0 spiro atoms. The summed E-state index contributed by atoms with van der Waals surface area (Å²) in [5.41, 5.74) is 1.29. The molecule has 0 aliphatic carbocycles. The second kappa shape index (κ2) is 14.8. The lowest BCUT2D eigenvalue weighted by Gasteiger charge is -2.17. The van der Waals surface area contributed by atoms with Gasteiger partial charge in [0.05, 0.1) is 24.3 Å². The first kappa shape index (κ1) is 25.9. The maximum atomic E-state index is 12.8. The van der Waals surface area contributed by atoms with Crippen LogP contribution in [-0.2, 0) is 9.47 Å². The molecule has 2 unspecified atom stereocenters. The van der Waals surface area contributed by atoms with E-state index in [0.717, 1.165) is 56.9 Å². The van der Waals surface area contributed by atoms with Crippen molar-refractivity contribution in [1.82, 2.24) is 0 Å². The van der Waals surface area contributed by atoms with Crippen molar-refractivity contribution in [3.8, 4) is 0 Å². The summed E-state index contributed by atoms with van der Waals surface area (Å²) in [5, 5.41) is 0. The topological polar surface area (TPSA) is 52.6 Å². The van der Waals surface area contributed by atoms with Crippen LogP contribution in [0.3, 0.4) is 0 Å². The number of unbranched alkanes of at least 4 members (excludes halogenated alkanes) is 2. The van der Waals surface area contributed by atoms with Crippen molar-refractivity contribution in [2.75, 3.05) is 13.2 Å². The fraction of sp³-hybridized carbons (Fsp3) is 0.615. The zero-order valence-electron chi connectivity index (χ0n) is 19.4. The van der Waals surface area contributed by atoms with E-state index in [0.29, 0.717) is 25.0 Å². The fourth-order valence-corrected chi connectivity index (χ4v) is 3.37. The third-order valence-electron chi connectivity index (χ3n) is 5.71. The molecule has 1 aromatic rings. The second-order valence-corrected chi connectivity index (χ2v) is 8.04. The molecule has 0 amide bonds. The Bertz CT molecular complexity index is 665.